The summed E-state index contributed by atoms with van der Waals surface area (Å²) in [5, 5.41) is 0. The second-order valence-electron chi connectivity index (χ2n) is 2.40. The summed E-state index contributed by atoms with van der Waals surface area (Å²) >= 11 is 0. The van der Waals surface area contributed by atoms with Crippen molar-refractivity contribution in [3.63, 3.8) is 0 Å². The van der Waals surface area contributed by atoms with Gasteiger partial charge in [0, 0.05) is 11.8 Å². The normalized spacial score (nSPS) is 17.7. The molecular weight excluding hydrogens is 180 g/mol. The zero-order valence-corrected chi connectivity index (χ0v) is 6.76. The van der Waals surface area contributed by atoms with E-state index >= 15 is 0 Å². The Bertz CT molecular complexity index is 426. The largest absolute Gasteiger partial charge is 0.407 e. The number of rotatable bonds is 0. The van der Waals surface area contributed by atoms with Gasteiger partial charge in [-0.1, -0.05) is 0 Å². The molecule has 0 bridgehead atoms. The summed E-state index contributed by atoms with van der Waals surface area (Å²) in [5.74, 6) is 0.245. The van der Waals surface area contributed by atoms with Gasteiger partial charge >= 0.3 is 10.3 Å². The topological polar surface area (TPSA) is 81.4 Å². The Morgan fingerprint density at radius 2 is 2.17 bits per heavy atom. The second kappa shape index (κ2) is 2.04. The summed E-state index contributed by atoms with van der Waals surface area (Å²) in [4.78, 5) is 0. The first-order valence-corrected chi connectivity index (χ1v) is 4.59. The van der Waals surface area contributed by atoms with Gasteiger partial charge < -0.3 is 9.92 Å². The molecule has 2 rings (SSSR count). The smallest absolute Gasteiger partial charge is 0.399 e. The summed E-state index contributed by atoms with van der Waals surface area (Å²) < 4.78 is 28.4. The van der Waals surface area contributed by atoms with Crippen molar-refractivity contribution in [3.05, 3.63) is 18.2 Å². The first-order valence-electron chi connectivity index (χ1n) is 3.18. The summed E-state index contributed by atoms with van der Waals surface area (Å²) in [5.41, 5.74) is 6.30. The molecule has 0 aromatic heterocycles. The Hall–Kier alpha value is -1.43. The van der Waals surface area contributed by atoms with Gasteiger partial charge in [-0.25, -0.2) is 4.72 Å². The highest BCUT2D eigenvalue weighted by Gasteiger charge is 2.24. The summed E-state index contributed by atoms with van der Waals surface area (Å²) in [6, 6.07) is 4.60. The molecule has 1 aliphatic rings. The number of benzene rings is 1. The van der Waals surface area contributed by atoms with Crippen molar-refractivity contribution in [3.8, 4) is 5.75 Å². The summed E-state index contributed by atoms with van der Waals surface area (Å²) in [7, 11) is -3.63. The number of nitrogens with one attached hydrogen (secondary N) is 1. The number of fused-ring (bicyclic) bond motifs is 1. The van der Waals surface area contributed by atoms with Crippen LogP contribution in [0.5, 0.6) is 5.75 Å². The first-order chi connectivity index (χ1) is 5.57. The number of anilines is 2. The monoisotopic (exact) mass is 186 g/mol. The molecular formula is C6H6N2O3S. The molecule has 3 N–H and O–H groups in total. The van der Waals surface area contributed by atoms with Crippen LogP contribution >= 0.6 is 0 Å². The highest BCUT2D eigenvalue weighted by Crippen LogP contribution is 2.33. The van der Waals surface area contributed by atoms with Crippen LogP contribution in [0.15, 0.2) is 18.2 Å². The van der Waals surface area contributed by atoms with E-state index in [1.807, 2.05) is 0 Å². The van der Waals surface area contributed by atoms with E-state index in [2.05, 4.69) is 8.91 Å². The van der Waals surface area contributed by atoms with E-state index < -0.39 is 10.3 Å². The SMILES string of the molecule is Nc1ccc2c(c1)OS(=O)(=O)N2. The molecule has 0 atom stereocenters. The molecule has 1 aromatic rings. The second-order valence-corrected chi connectivity index (χ2v) is 3.67. The van der Waals surface area contributed by atoms with Crippen LogP contribution < -0.4 is 14.6 Å². The van der Waals surface area contributed by atoms with Crippen LogP contribution in [0.4, 0.5) is 11.4 Å². The van der Waals surface area contributed by atoms with Crippen molar-refractivity contribution < 1.29 is 12.6 Å². The lowest BCUT2D eigenvalue weighted by Gasteiger charge is -1.94. The van der Waals surface area contributed by atoms with Gasteiger partial charge in [0.15, 0.2) is 5.75 Å². The molecule has 1 aromatic carbocycles. The molecule has 0 amide bonds. The minimum atomic E-state index is -3.63. The molecule has 0 saturated heterocycles. The molecule has 12 heavy (non-hydrogen) atoms. The molecule has 1 heterocycles. The number of hydrogen-bond acceptors (Lipinski definition) is 4. The Labute approximate surface area is 69.4 Å². The van der Waals surface area contributed by atoms with Crippen molar-refractivity contribution in [2.45, 2.75) is 0 Å². The minimum Gasteiger partial charge on any atom is -0.399 e. The number of hydrogen-bond donors (Lipinski definition) is 2. The molecule has 0 saturated carbocycles. The molecule has 5 nitrogen and oxygen atoms in total. The maximum atomic E-state index is 10.8. The fourth-order valence-electron chi connectivity index (χ4n) is 0.966. The van der Waals surface area contributed by atoms with Gasteiger partial charge in [0.2, 0.25) is 0 Å². The molecule has 0 aliphatic carbocycles. The van der Waals surface area contributed by atoms with Gasteiger partial charge in [0.25, 0.3) is 0 Å². The lowest BCUT2D eigenvalue weighted by molar-refractivity contribution is 0.503. The lowest BCUT2D eigenvalue weighted by atomic mass is 10.3. The summed E-state index contributed by atoms with van der Waals surface area (Å²) in [6.45, 7) is 0. The van der Waals surface area contributed by atoms with E-state index in [0.717, 1.165) is 0 Å². The van der Waals surface area contributed by atoms with Gasteiger partial charge in [0.1, 0.15) is 0 Å². The Balaban J connectivity index is 2.56. The Morgan fingerprint density at radius 1 is 1.42 bits per heavy atom. The van der Waals surface area contributed by atoms with E-state index in [4.69, 9.17) is 5.73 Å². The zero-order valence-electron chi connectivity index (χ0n) is 5.94. The van der Waals surface area contributed by atoms with E-state index in [-0.39, 0.29) is 5.75 Å². The maximum Gasteiger partial charge on any atom is 0.407 e. The van der Waals surface area contributed by atoms with Crippen LogP contribution in [0, 0.1) is 0 Å². The first kappa shape index (κ1) is 7.23. The third-order valence-electron chi connectivity index (χ3n) is 1.44. The van der Waals surface area contributed by atoms with Gasteiger partial charge in [-0.15, -0.1) is 0 Å². The average Bonchev–Trinajstić information content (AvgIpc) is 2.21. The van der Waals surface area contributed by atoms with Gasteiger partial charge in [-0.2, -0.15) is 8.42 Å². The van der Waals surface area contributed by atoms with Crippen molar-refractivity contribution in [1.82, 2.24) is 0 Å². The molecule has 64 valence electrons. The van der Waals surface area contributed by atoms with Gasteiger partial charge in [-0.3, -0.25) is 0 Å². The molecule has 0 radical (unpaired) electrons. The van der Waals surface area contributed by atoms with E-state index in [0.29, 0.717) is 11.4 Å². The quantitative estimate of drug-likeness (QED) is 0.571. The Kier molecular flexibility index (Phi) is 1.23. The highest BCUT2D eigenvalue weighted by atomic mass is 32.2. The van der Waals surface area contributed by atoms with Crippen LogP contribution in [-0.4, -0.2) is 8.42 Å². The molecule has 0 fully saturated rings. The van der Waals surface area contributed by atoms with E-state index in [1.54, 1.807) is 12.1 Å². The predicted molar refractivity (Wildman–Crippen MR) is 44.0 cm³/mol. The minimum absolute atomic E-state index is 0.245. The molecule has 1 aliphatic heterocycles. The Morgan fingerprint density at radius 3 is 2.92 bits per heavy atom. The third kappa shape index (κ3) is 1.06. The maximum absolute atomic E-state index is 10.8. The van der Waals surface area contributed by atoms with Crippen molar-refractivity contribution in [1.29, 1.82) is 0 Å². The average molecular weight is 186 g/mol. The van der Waals surface area contributed by atoms with Crippen molar-refractivity contribution in [2.24, 2.45) is 0 Å². The third-order valence-corrected chi connectivity index (χ3v) is 2.31. The molecule has 0 unspecified atom stereocenters. The zero-order chi connectivity index (χ0) is 8.77. The van der Waals surface area contributed by atoms with Crippen LogP contribution in [0.2, 0.25) is 0 Å². The van der Waals surface area contributed by atoms with E-state index in [9.17, 15) is 8.42 Å². The number of nitrogens with two attached hydrogens (primary N) is 1. The van der Waals surface area contributed by atoms with Gasteiger partial charge in [0.05, 0.1) is 5.69 Å². The van der Waals surface area contributed by atoms with Gasteiger partial charge in [-0.05, 0) is 12.1 Å². The fourth-order valence-corrected chi connectivity index (χ4v) is 1.82. The fraction of sp³-hybridized carbons (Fsp3) is 0. The number of nitrogen functional groups attached to an aromatic ring is 1. The standard InChI is InChI=1S/C6H6N2O3S/c7-4-1-2-5-6(3-4)11-12(9,10)8-5/h1-3,8H,7H2. The van der Waals surface area contributed by atoms with Crippen LogP contribution in [0.25, 0.3) is 0 Å². The molecule has 0 spiro atoms. The van der Waals surface area contributed by atoms with Crippen molar-refractivity contribution >= 4 is 21.7 Å². The molecule has 6 heteroatoms. The van der Waals surface area contributed by atoms with Crippen molar-refractivity contribution in [2.75, 3.05) is 10.5 Å². The predicted octanol–water partition coefficient (Wildman–Crippen LogP) is 0.318. The van der Waals surface area contributed by atoms with Crippen LogP contribution in [0.1, 0.15) is 0 Å². The van der Waals surface area contributed by atoms with Crippen LogP contribution in [0.3, 0.4) is 0 Å². The van der Waals surface area contributed by atoms with E-state index in [1.165, 1.54) is 6.07 Å². The highest BCUT2D eigenvalue weighted by molar-refractivity contribution is 7.88. The van der Waals surface area contributed by atoms with Crippen LogP contribution in [-0.2, 0) is 10.3 Å². The summed E-state index contributed by atoms with van der Waals surface area (Å²) in [6.07, 6.45) is 0. The lowest BCUT2D eigenvalue weighted by Crippen LogP contribution is -2.10.